The van der Waals surface area contributed by atoms with Crippen LogP contribution in [0.5, 0.6) is 0 Å². The molecule has 1 saturated heterocycles. The highest BCUT2D eigenvalue weighted by atomic mass is 79.9. The maximum Gasteiger partial charge on any atom is 0.270 e. The average Bonchev–Trinajstić information content (AvgIpc) is 3.25. The third kappa shape index (κ3) is 4.75. The summed E-state index contributed by atoms with van der Waals surface area (Å²) in [5.74, 6) is 0. The van der Waals surface area contributed by atoms with Crippen LogP contribution in [0.25, 0.3) is 5.69 Å². The summed E-state index contributed by atoms with van der Waals surface area (Å²) in [7, 11) is -2.86. The molecule has 3 aromatic carbocycles. The van der Waals surface area contributed by atoms with Gasteiger partial charge >= 0.3 is 0 Å². The van der Waals surface area contributed by atoms with Crippen LogP contribution in [0.4, 0.5) is 17.1 Å². The Morgan fingerprint density at radius 3 is 2.32 bits per heavy atom. The van der Waals surface area contributed by atoms with Gasteiger partial charge in [0.2, 0.25) is 0 Å². The number of aryl methyl sites for hydroxylation is 1. The molecule has 2 aliphatic heterocycles. The highest BCUT2D eigenvalue weighted by Gasteiger charge is 2.45. The van der Waals surface area contributed by atoms with Crippen LogP contribution in [0, 0.1) is 30.9 Å². The molecule has 210 valence electrons. The molecule has 11 heteroatoms. The molecule has 9 nitrogen and oxygen atoms in total. The fourth-order valence-corrected chi connectivity index (χ4v) is 10.2. The lowest BCUT2D eigenvalue weighted by molar-refractivity contribution is -0.384. The number of para-hydroxylation sites is 1. The number of hydrazone groups is 1. The van der Waals surface area contributed by atoms with E-state index in [2.05, 4.69) is 87.1 Å². The van der Waals surface area contributed by atoms with E-state index in [-0.39, 0.29) is 5.69 Å². The summed E-state index contributed by atoms with van der Waals surface area (Å²) in [6.07, 6.45) is 1.95. The molecule has 0 radical (unpaired) electrons. The third-order valence-electron chi connectivity index (χ3n) is 7.57. The van der Waals surface area contributed by atoms with Gasteiger partial charge in [-0.2, -0.15) is 5.10 Å². The van der Waals surface area contributed by atoms with Crippen molar-refractivity contribution in [3.05, 3.63) is 110 Å². The molecular weight excluding hydrogens is 603 g/mol. The van der Waals surface area contributed by atoms with Gasteiger partial charge in [0.25, 0.3) is 5.69 Å². The predicted octanol–water partition coefficient (Wildman–Crippen LogP) is 7.25. The number of non-ortho nitro benzene ring substituents is 1. The van der Waals surface area contributed by atoms with Crippen LogP contribution in [0.3, 0.4) is 0 Å². The maximum absolute atomic E-state index is 11.5. The van der Waals surface area contributed by atoms with Crippen LogP contribution in [-0.4, -0.2) is 46.7 Å². The zero-order valence-corrected chi connectivity index (χ0v) is 25.5. The van der Waals surface area contributed by atoms with Crippen molar-refractivity contribution in [2.75, 3.05) is 31.1 Å². The van der Waals surface area contributed by atoms with Crippen LogP contribution in [0.2, 0.25) is 0 Å². The molecule has 1 atom stereocenters. The fourth-order valence-electron chi connectivity index (χ4n) is 5.62. The number of hydrogen-bond donors (Lipinski definition) is 0. The SMILES string of the molecule is Cc1ccc(-n2c(C)c3c(c2C)P(=Nc2ccc([N+](=O)[O-])cc2Br)(N2CCOCC2)N(c2ccccc2)N=C3)cc1. The van der Waals surface area contributed by atoms with Crippen LogP contribution < -0.4 is 10.1 Å². The van der Waals surface area contributed by atoms with Gasteiger partial charge in [-0.15, -0.1) is 0 Å². The number of rotatable bonds is 5. The highest BCUT2D eigenvalue weighted by molar-refractivity contribution is 9.10. The van der Waals surface area contributed by atoms with Crippen molar-refractivity contribution in [2.24, 2.45) is 9.85 Å². The quantitative estimate of drug-likeness (QED) is 0.131. The van der Waals surface area contributed by atoms with Crippen molar-refractivity contribution in [1.82, 2.24) is 9.24 Å². The standard InChI is InChI=1S/C30H30BrN6O3P/c1-21-9-11-24(12-10-21)35-22(2)27-20-32-36(25-7-5-4-6-8-25)41(30(27)23(35)3,34-15-17-40-18-16-34)33-29-14-13-26(37(38)39)19-28(29)31/h4-14,19-20H,15-18H2,1-3H3. The number of nitro groups is 1. The molecule has 0 amide bonds. The number of benzene rings is 3. The largest absolute Gasteiger partial charge is 0.379 e. The first kappa shape index (κ1) is 27.6. The van der Waals surface area contributed by atoms with Gasteiger partial charge in [0, 0.05) is 47.9 Å². The van der Waals surface area contributed by atoms with Gasteiger partial charge in [-0.1, -0.05) is 35.9 Å². The van der Waals surface area contributed by atoms with Crippen molar-refractivity contribution in [3.8, 4) is 5.69 Å². The Kier molecular flexibility index (Phi) is 7.42. The van der Waals surface area contributed by atoms with E-state index in [0.29, 0.717) is 36.5 Å². The van der Waals surface area contributed by atoms with E-state index in [0.717, 1.165) is 33.6 Å². The summed E-state index contributed by atoms with van der Waals surface area (Å²) in [5.41, 5.74) is 7.09. The first-order chi connectivity index (χ1) is 19.8. The molecule has 41 heavy (non-hydrogen) atoms. The van der Waals surface area contributed by atoms with E-state index in [1.165, 1.54) is 17.7 Å². The monoisotopic (exact) mass is 632 g/mol. The number of nitro benzene ring substituents is 1. The van der Waals surface area contributed by atoms with Crippen molar-refractivity contribution in [1.29, 1.82) is 0 Å². The van der Waals surface area contributed by atoms with Crippen molar-refractivity contribution < 1.29 is 9.66 Å². The lowest BCUT2D eigenvalue weighted by Crippen LogP contribution is -2.44. The molecular formula is C30H30BrN6O3P. The number of nitrogens with zero attached hydrogens (tertiary/aromatic N) is 6. The molecule has 1 aromatic heterocycles. The minimum absolute atomic E-state index is 0.00870. The Balaban J connectivity index is 1.71. The van der Waals surface area contributed by atoms with Gasteiger partial charge in [-0.3, -0.25) is 10.1 Å². The zero-order chi connectivity index (χ0) is 28.7. The molecule has 1 unspecified atom stereocenters. The van der Waals surface area contributed by atoms with Crippen molar-refractivity contribution >= 4 is 51.9 Å². The molecule has 0 saturated carbocycles. The number of morpholine rings is 1. The van der Waals surface area contributed by atoms with Gasteiger partial charge in [0.1, 0.15) is 0 Å². The van der Waals surface area contributed by atoms with Crippen LogP contribution in [-0.2, 0) is 4.74 Å². The van der Waals surface area contributed by atoms with Gasteiger partial charge in [-0.25, -0.2) is 14.2 Å². The summed E-state index contributed by atoms with van der Waals surface area (Å²) in [6, 6.07) is 23.4. The van der Waals surface area contributed by atoms with Gasteiger partial charge < -0.3 is 9.30 Å². The summed E-state index contributed by atoms with van der Waals surface area (Å²) in [5, 5.41) is 17.8. The Hall–Kier alpha value is -3.56. The van der Waals surface area contributed by atoms with E-state index < -0.39 is 12.3 Å². The van der Waals surface area contributed by atoms with E-state index >= 15 is 0 Å². The number of hydrogen-bond acceptors (Lipinski definition) is 5. The molecule has 0 N–H and O–H groups in total. The summed E-state index contributed by atoms with van der Waals surface area (Å²) in [4.78, 5) is 11.1. The second kappa shape index (κ2) is 11.0. The van der Waals surface area contributed by atoms with Gasteiger partial charge in [0.15, 0.2) is 7.36 Å². The Morgan fingerprint density at radius 2 is 1.66 bits per heavy atom. The van der Waals surface area contributed by atoms with E-state index in [4.69, 9.17) is 14.6 Å². The second-order valence-electron chi connectivity index (χ2n) is 10.1. The first-order valence-corrected chi connectivity index (χ1v) is 15.8. The molecule has 3 heterocycles. The molecule has 0 bridgehead atoms. The lowest BCUT2D eigenvalue weighted by Gasteiger charge is -2.45. The normalized spacial score (nSPS) is 18.8. The average molecular weight is 633 g/mol. The lowest BCUT2D eigenvalue weighted by atomic mass is 10.2. The molecule has 0 spiro atoms. The Labute approximate surface area is 247 Å². The second-order valence-corrected chi connectivity index (χ2v) is 13.7. The molecule has 6 rings (SSSR count). The number of anilines is 1. The Morgan fingerprint density at radius 1 is 0.951 bits per heavy atom. The van der Waals surface area contributed by atoms with Gasteiger partial charge in [-0.05, 0) is 67.0 Å². The minimum Gasteiger partial charge on any atom is -0.379 e. The first-order valence-electron chi connectivity index (χ1n) is 13.4. The van der Waals surface area contributed by atoms with Crippen molar-refractivity contribution in [2.45, 2.75) is 20.8 Å². The van der Waals surface area contributed by atoms with Crippen LogP contribution >= 0.6 is 23.3 Å². The summed E-state index contributed by atoms with van der Waals surface area (Å²) < 4.78 is 18.8. The number of ether oxygens (including phenoxy) is 1. The third-order valence-corrected chi connectivity index (χ3v) is 11.9. The smallest absolute Gasteiger partial charge is 0.270 e. The number of fused-ring (bicyclic) bond motifs is 1. The molecule has 2 aliphatic rings. The molecule has 0 aliphatic carbocycles. The Bertz CT molecular complexity index is 1710. The predicted molar refractivity (Wildman–Crippen MR) is 168 cm³/mol. The van der Waals surface area contributed by atoms with Crippen LogP contribution in [0.1, 0.15) is 22.5 Å². The minimum atomic E-state index is -2.86. The summed E-state index contributed by atoms with van der Waals surface area (Å²) >= 11 is 3.60. The molecule has 1 fully saturated rings. The zero-order valence-electron chi connectivity index (χ0n) is 23.1. The number of halogens is 1. The maximum atomic E-state index is 11.5. The topological polar surface area (TPSA) is 88.5 Å². The fraction of sp³-hybridized carbons (Fsp3) is 0.233. The van der Waals surface area contributed by atoms with Crippen LogP contribution in [0.15, 0.2) is 87.1 Å². The summed E-state index contributed by atoms with van der Waals surface area (Å²) in [6.45, 7) is 8.89. The van der Waals surface area contributed by atoms with E-state index in [1.54, 1.807) is 6.07 Å². The van der Waals surface area contributed by atoms with Crippen molar-refractivity contribution in [3.63, 3.8) is 0 Å². The highest BCUT2D eigenvalue weighted by Crippen LogP contribution is 2.62. The molecule has 4 aromatic rings. The van der Waals surface area contributed by atoms with E-state index in [1.807, 2.05) is 24.4 Å². The van der Waals surface area contributed by atoms with Gasteiger partial charge in [0.05, 0.1) is 45.5 Å². The van der Waals surface area contributed by atoms with E-state index in [9.17, 15) is 10.1 Å². The number of aromatic nitrogens is 1.